The van der Waals surface area contributed by atoms with Crippen LogP contribution in [0.4, 0.5) is 5.69 Å². The van der Waals surface area contributed by atoms with E-state index in [0.717, 1.165) is 0 Å². The minimum Gasteiger partial charge on any atom is -0.554 e. The molecule has 0 spiro atoms. The molecule has 0 fully saturated rings. The minimum absolute atomic E-state index is 0. The molecule has 1 aromatic rings. The van der Waals surface area contributed by atoms with Gasteiger partial charge < -0.3 is 4.72 Å². The maximum absolute atomic E-state index is 10.2. The van der Waals surface area contributed by atoms with Gasteiger partial charge in [-0.05, 0) is 0 Å². The Labute approximate surface area is 93.2 Å². The number of rotatable bonds is 2. The molecule has 1 rings (SSSR count). The average Bonchev–Trinajstić information content (AvgIpc) is 1.85. The van der Waals surface area contributed by atoms with Crippen molar-refractivity contribution in [2.45, 2.75) is 0 Å². The Bertz CT molecular complexity index is 324. The first kappa shape index (κ1) is 11.9. The monoisotopic (exact) mass is 195 g/mol. The van der Waals surface area contributed by atoms with Crippen LogP contribution >= 0.6 is 0 Å². The Kier molecular flexibility index (Phi) is 4.81. The SMILES string of the molecule is O=S(=O)(O)[N-]c1ccccc1.[Na+]. The van der Waals surface area contributed by atoms with Crippen LogP contribution in [0.5, 0.6) is 0 Å². The van der Waals surface area contributed by atoms with Gasteiger partial charge in [0.05, 0.1) is 0 Å². The second-order valence-corrected chi connectivity index (χ2v) is 2.95. The van der Waals surface area contributed by atoms with Crippen LogP contribution in [0.2, 0.25) is 0 Å². The van der Waals surface area contributed by atoms with Crippen molar-refractivity contribution in [2.75, 3.05) is 0 Å². The summed E-state index contributed by atoms with van der Waals surface area (Å²) in [4.78, 5) is 0. The summed E-state index contributed by atoms with van der Waals surface area (Å²) in [5, 5.41) is 0. The maximum Gasteiger partial charge on any atom is 1.00 e. The molecule has 0 bridgehead atoms. The smallest absolute Gasteiger partial charge is 0.554 e. The van der Waals surface area contributed by atoms with Gasteiger partial charge in [-0.15, -0.1) is 5.69 Å². The van der Waals surface area contributed by atoms with Crippen molar-refractivity contribution >= 4 is 16.0 Å². The molecule has 0 atom stereocenters. The fourth-order valence-corrected chi connectivity index (χ4v) is 1.01. The van der Waals surface area contributed by atoms with Gasteiger partial charge in [0.1, 0.15) is 0 Å². The molecule has 0 amide bonds. The van der Waals surface area contributed by atoms with Crippen molar-refractivity contribution in [1.82, 2.24) is 0 Å². The molecule has 12 heavy (non-hydrogen) atoms. The van der Waals surface area contributed by atoms with Gasteiger partial charge in [-0.3, -0.25) is 4.55 Å². The van der Waals surface area contributed by atoms with Crippen molar-refractivity contribution in [2.24, 2.45) is 0 Å². The second-order valence-electron chi connectivity index (χ2n) is 1.87. The van der Waals surface area contributed by atoms with E-state index in [1.807, 2.05) is 0 Å². The summed E-state index contributed by atoms with van der Waals surface area (Å²) in [7, 11) is -4.25. The van der Waals surface area contributed by atoms with Gasteiger partial charge in [-0.2, -0.15) is 0 Å². The van der Waals surface area contributed by atoms with Crippen LogP contribution in [0, 0.1) is 0 Å². The number of hydrogen-bond donors (Lipinski definition) is 1. The predicted octanol–water partition coefficient (Wildman–Crippen LogP) is -1.50. The summed E-state index contributed by atoms with van der Waals surface area (Å²) >= 11 is 0. The molecular formula is C6H6NNaO3S. The molecule has 1 aromatic carbocycles. The molecule has 4 nitrogen and oxygen atoms in total. The van der Waals surface area contributed by atoms with E-state index in [2.05, 4.69) is 4.72 Å². The molecule has 60 valence electrons. The van der Waals surface area contributed by atoms with E-state index >= 15 is 0 Å². The van der Waals surface area contributed by atoms with Gasteiger partial charge in [0.15, 0.2) is 0 Å². The van der Waals surface area contributed by atoms with Gasteiger partial charge in [0, 0.05) is 0 Å². The number of nitrogens with zero attached hydrogens (tertiary/aromatic N) is 1. The van der Waals surface area contributed by atoms with Crippen LogP contribution < -0.4 is 29.6 Å². The molecule has 1 N–H and O–H groups in total. The summed E-state index contributed by atoms with van der Waals surface area (Å²) in [6.07, 6.45) is 0. The third kappa shape index (κ3) is 4.74. The summed E-state index contributed by atoms with van der Waals surface area (Å²) in [5.74, 6) is 0. The molecule has 0 aliphatic heterocycles. The third-order valence-electron chi connectivity index (χ3n) is 0.977. The molecule has 0 aliphatic rings. The average molecular weight is 195 g/mol. The summed E-state index contributed by atoms with van der Waals surface area (Å²) in [6, 6.07) is 7.94. The summed E-state index contributed by atoms with van der Waals surface area (Å²) < 4.78 is 31.7. The van der Waals surface area contributed by atoms with E-state index in [1.165, 1.54) is 12.1 Å². The third-order valence-corrected chi connectivity index (χ3v) is 1.42. The van der Waals surface area contributed by atoms with Crippen LogP contribution in [0.25, 0.3) is 4.72 Å². The Morgan fingerprint density at radius 1 is 1.17 bits per heavy atom. The van der Waals surface area contributed by atoms with Crippen LogP contribution in [-0.4, -0.2) is 13.0 Å². The molecule has 0 aliphatic carbocycles. The van der Waals surface area contributed by atoms with Gasteiger partial charge >= 0.3 is 29.6 Å². The molecule has 6 heteroatoms. The van der Waals surface area contributed by atoms with E-state index in [-0.39, 0.29) is 35.2 Å². The quantitative estimate of drug-likeness (QED) is 0.461. The van der Waals surface area contributed by atoms with E-state index < -0.39 is 10.3 Å². The Morgan fingerprint density at radius 2 is 1.67 bits per heavy atom. The largest absolute Gasteiger partial charge is 1.00 e. The van der Waals surface area contributed by atoms with Crippen LogP contribution in [0.3, 0.4) is 0 Å². The Balaban J connectivity index is 0.00000121. The van der Waals surface area contributed by atoms with Gasteiger partial charge in [-0.1, -0.05) is 30.3 Å². The molecule has 0 unspecified atom stereocenters. The van der Waals surface area contributed by atoms with E-state index in [1.54, 1.807) is 18.2 Å². The summed E-state index contributed by atoms with van der Waals surface area (Å²) in [6.45, 7) is 0. The van der Waals surface area contributed by atoms with Crippen LogP contribution in [0.1, 0.15) is 0 Å². The normalized spacial score (nSPS) is 10.1. The second kappa shape index (κ2) is 4.84. The molecule has 0 saturated carbocycles. The van der Waals surface area contributed by atoms with Crippen molar-refractivity contribution in [3.63, 3.8) is 0 Å². The zero-order valence-corrected chi connectivity index (χ0v) is 9.32. The topological polar surface area (TPSA) is 68.5 Å². The zero-order chi connectivity index (χ0) is 8.32. The molecular weight excluding hydrogens is 189 g/mol. The molecule has 0 saturated heterocycles. The molecule has 0 aromatic heterocycles. The van der Waals surface area contributed by atoms with Crippen molar-refractivity contribution in [1.29, 1.82) is 0 Å². The first-order chi connectivity index (χ1) is 5.08. The molecule has 0 heterocycles. The standard InChI is InChI=1S/C6H6NO3S.Na/c8-11(9,10)7-6-4-2-1-3-5-6;/h1-5H,(H,8,9,10);/q-1;+1. The van der Waals surface area contributed by atoms with Gasteiger partial charge in [0.25, 0.3) is 0 Å². The van der Waals surface area contributed by atoms with E-state index in [9.17, 15) is 8.42 Å². The first-order valence-electron chi connectivity index (χ1n) is 2.83. The summed E-state index contributed by atoms with van der Waals surface area (Å²) in [5.41, 5.74) is 0.218. The van der Waals surface area contributed by atoms with Crippen molar-refractivity contribution in [3.05, 3.63) is 35.1 Å². The Morgan fingerprint density at radius 3 is 2.08 bits per heavy atom. The first-order valence-corrected chi connectivity index (χ1v) is 4.23. The van der Waals surface area contributed by atoms with Crippen molar-refractivity contribution < 1.29 is 42.5 Å². The van der Waals surface area contributed by atoms with Gasteiger partial charge in [0.2, 0.25) is 10.3 Å². The maximum atomic E-state index is 10.2. The van der Waals surface area contributed by atoms with Crippen LogP contribution in [-0.2, 0) is 10.3 Å². The fraction of sp³-hybridized carbons (Fsp3) is 0. The van der Waals surface area contributed by atoms with Crippen molar-refractivity contribution in [3.8, 4) is 0 Å². The van der Waals surface area contributed by atoms with Gasteiger partial charge in [-0.25, -0.2) is 8.42 Å². The predicted molar refractivity (Wildman–Crippen MR) is 41.0 cm³/mol. The fourth-order valence-electron chi connectivity index (χ4n) is 0.622. The van der Waals surface area contributed by atoms with E-state index in [0.29, 0.717) is 0 Å². The Hall–Kier alpha value is -0.0700. The molecule has 0 radical (unpaired) electrons. The zero-order valence-electron chi connectivity index (χ0n) is 6.51. The van der Waals surface area contributed by atoms with E-state index in [4.69, 9.17) is 4.55 Å². The minimum atomic E-state index is -4.25. The number of benzene rings is 1. The van der Waals surface area contributed by atoms with Crippen LogP contribution in [0.15, 0.2) is 30.3 Å². The number of hydrogen-bond acceptors (Lipinski definition) is 2.